The first-order valence-corrected chi connectivity index (χ1v) is 7.42. The molecule has 0 saturated carbocycles. The molecule has 3 aromatic rings. The number of carbonyl (C=O) groups excluding carboxylic acids is 1. The van der Waals surface area contributed by atoms with E-state index in [-0.39, 0.29) is 5.56 Å². The van der Waals surface area contributed by atoms with Crippen molar-refractivity contribution in [1.29, 1.82) is 0 Å². The van der Waals surface area contributed by atoms with Crippen molar-refractivity contribution in [2.24, 2.45) is 5.73 Å². The average molecular weight is 336 g/mol. The van der Waals surface area contributed by atoms with Crippen molar-refractivity contribution in [2.75, 3.05) is 17.7 Å². The van der Waals surface area contributed by atoms with Crippen LogP contribution < -0.4 is 21.1 Å². The standard InChI is InChI=1S/C17H16N6O2/c1-25-14-6-3-2-5-12(14)21-13-9-16(19-10-11(13)17(18)24)22-15-7-4-8-20-23-15/h2-10H,1H3,(H2,18,24)(H2,19,21,22,23). The third-order valence-electron chi connectivity index (χ3n) is 3.37. The monoisotopic (exact) mass is 336 g/mol. The van der Waals surface area contributed by atoms with E-state index in [4.69, 9.17) is 10.5 Å². The van der Waals surface area contributed by atoms with Crippen LogP contribution in [-0.2, 0) is 0 Å². The van der Waals surface area contributed by atoms with Crippen LogP contribution in [0.4, 0.5) is 23.0 Å². The molecule has 0 radical (unpaired) electrons. The van der Waals surface area contributed by atoms with E-state index in [0.29, 0.717) is 28.8 Å². The highest BCUT2D eigenvalue weighted by Crippen LogP contribution is 2.30. The minimum absolute atomic E-state index is 0.260. The molecule has 1 amide bonds. The number of para-hydroxylation sites is 2. The molecule has 4 N–H and O–H groups in total. The zero-order valence-electron chi connectivity index (χ0n) is 13.4. The fourth-order valence-electron chi connectivity index (χ4n) is 2.22. The van der Waals surface area contributed by atoms with Gasteiger partial charge in [0.05, 0.1) is 24.0 Å². The molecule has 2 aromatic heterocycles. The van der Waals surface area contributed by atoms with E-state index in [1.54, 1.807) is 31.5 Å². The highest BCUT2D eigenvalue weighted by atomic mass is 16.5. The number of rotatable bonds is 6. The Morgan fingerprint density at radius 1 is 1.08 bits per heavy atom. The molecule has 0 atom stereocenters. The third kappa shape index (κ3) is 3.81. The molecule has 8 nitrogen and oxygen atoms in total. The van der Waals surface area contributed by atoms with Gasteiger partial charge in [0, 0.05) is 18.5 Å². The summed E-state index contributed by atoms with van der Waals surface area (Å²) in [4.78, 5) is 15.9. The lowest BCUT2D eigenvalue weighted by atomic mass is 10.2. The molecule has 8 heteroatoms. The highest BCUT2D eigenvalue weighted by molar-refractivity contribution is 5.99. The Kier molecular flexibility index (Phi) is 4.70. The number of hydrogen-bond donors (Lipinski definition) is 3. The van der Waals surface area contributed by atoms with Crippen LogP contribution in [0.25, 0.3) is 0 Å². The molecule has 3 rings (SSSR count). The van der Waals surface area contributed by atoms with Gasteiger partial charge in [0.25, 0.3) is 5.91 Å². The van der Waals surface area contributed by atoms with Crippen molar-refractivity contribution in [2.45, 2.75) is 0 Å². The Morgan fingerprint density at radius 3 is 2.64 bits per heavy atom. The summed E-state index contributed by atoms with van der Waals surface area (Å²) in [6.07, 6.45) is 2.97. The summed E-state index contributed by atoms with van der Waals surface area (Å²) < 4.78 is 5.32. The predicted octanol–water partition coefficient (Wildman–Crippen LogP) is 2.47. The second kappa shape index (κ2) is 7.26. The lowest BCUT2D eigenvalue weighted by Crippen LogP contribution is -2.14. The molecule has 0 aliphatic carbocycles. The Hall–Kier alpha value is -3.68. The van der Waals surface area contributed by atoms with Gasteiger partial charge in [-0.2, -0.15) is 5.10 Å². The number of aromatic nitrogens is 3. The number of hydrogen-bond acceptors (Lipinski definition) is 7. The molecular weight excluding hydrogens is 320 g/mol. The molecule has 0 fully saturated rings. The number of nitrogens with two attached hydrogens (primary N) is 1. The Bertz CT molecular complexity index is 885. The predicted molar refractivity (Wildman–Crippen MR) is 94.3 cm³/mol. The Balaban J connectivity index is 1.95. The van der Waals surface area contributed by atoms with Crippen LogP contribution in [0, 0.1) is 0 Å². The van der Waals surface area contributed by atoms with E-state index < -0.39 is 5.91 Å². The number of pyridine rings is 1. The van der Waals surface area contributed by atoms with Crippen molar-refractivity contribution < 1.29 is 9.53 Å². The van der Waals surface area contributed by atoms with E-state index in [2.05, 4.69) is 25.8 Å². The summed E-state index contributed by atoms with van der Waals surface area (Å²) in [5.74, 6) is 1.07. The summed E-state index contributed by atoms with van der Waals surface area (Å²) in [5, 5.41) is 13.9. The van der Waals surface area contributed by atoms with Gasteiger partial charge in [0.15, 0.2) is 5.82 Å². The van der Waals surface area contributed by atoms with Gasteiger partial charge in [0.2, 0.25) is 0 Å². The number of ether oxygens (including phenoxy) is 1. The van der Waals surface area contributed by atoms with E-state index in [9.17, 15) is 4.79 Å². The number of anilines is 4. The normalized spacial score (nSPS) is 10.1. The number of primary amides is 1. The molecule has 126 valence electrons. The van der Waals surface area contributed by atoms with Crippen molar-refractivity contribution in [1.82, 2.24) is 15.2 Å². The van der Waals surface area contributed by atoms with Gasteiger partial charge < -0.3 is 21.1 Å². The molecule has 1 aromatic carbocycles. The summed E-state index contributed by atoms with van der Waals surface area (Å²) in [6.45, 7) is 0. The number of amides is 1. The largest absolute Gasteiger partial charge is 0.495 e. The summed E-state index contributed by atoms with van der Waals surface area (Å²) in [7, 11) is 1.57. The van der Waals surface area contributed by atoms with E-state index in [1.807, 2.05) is 24.3 Å². The number of benzene rings is 1. The zero-order chi connectivity index (χ0) is 17.6. The first kappa shape index (κ1) is 16.2. The lowest BCUT2D eigenvalue weighted by Gasteiger charge is -2.14. The Morgan fingerprint density at radius 2 is 1.92 bits per heavy atom. The van der Waals surface area contributed by atoms with Crippen LogP contribution in [0.2, 0.25) is 0 Å². The van der Waals surface area contributed by atoms with Gasteiger partial charge >= 0.3 is 0 Å². The molecular formula is C17H16N6O2. The average Bonchev–Trinajstić information content (AvgIpc) is 2.63. The molecule has 0 bridgehead atoms. The molecule has 0 aliphatic heterocycles. The topological polar surface area (TPSA) is 115 Å². The second-order valence-corrected chi connectivity index (χ2v) is 5.04. The summed E-state index contributed by atoms with van der Waals surface area (Å²) in [6, 6.07) is 12.5. The van der Waals surface area contributed by atoms with E-state index >= 15 is 0 Å². The van der Waals surface area contributed by atoms with Crippen molar-refractivity contribution in [3.05, 3.63) is 60.4 Å². The molecule has 0 aliphatic rings. The molecule has 0 spiro atoms. The van der Waals surface area contributed by atoms with Gasteiger partial charge in [-0.15, -0.1) is 5.10 Å². The first-order valence-electron chi connectivity index (χ1n) is 7.42. The van der Waals surface area contributed by atoms with Crippen molar-refractivity contribution in [3.63, 3.8) is 0 Å². The van der Waals surface area contributed by atoms with Crippen LogP contribution >= 0.6 is 0 Å². The van der Waals surface area contributed by atoms with Gasteiger partial charge in [-0.1, -0.05) is 12.1 Å². The minimum atomic E-state index is -0.587. The fraction of sp³-hybridized carbons (Fsp3) is 0.0588. The fourth-order valence-corrected chi connectivity index (χ4v) is 2.22. The first-order chi connectivity index (χ1) is 12.2. The van der Waals surface area contributed by atoms with Gasteiger partial charge in [0.1, 0.15) is 11.6 Å². The van der Waals surface area contributed by atoms with E-state index in [0.717, 1.165) is 0 Å². The van der Waals surface area contributed by atoms with Crippen LogP contribution in [0.15, 0.2) is 54.9 Å². The maximum absolute atomic E-state index is 11.7. The van der Waals surface area contributed by atoms with Crippen molar-refractivity contribution >= 4 is 28.9 Å². The SMILES string of the molecule is COc1ccccc1Nc1cc(Nc2cccnn2)ncc1C(N)=O. The van der Waals surface area contributed by atoms with Gasteiger partial charge in [-0.25, -0.2) is 4.98 Å². The van der Waals surface area contributed by atoms with Gasteiger partial charge in [-0.05, 0) is 24.3 Å². The van der Waals surface area contributed by atoms with Gasteiger partial charge in [-0.3, -0.25) is 4.79 Å². The summed E-state index contributed by atoms with van der Waals surface area (Å²) in [5.41, 5.74) is 6.91. The van der Waals surface area contributed by atoms with Crippen LogP contribution in [0.3, 0.4) is 0 Å². The third-order valence-corrected chi connectivity index (χ3v) is 3.37. The molecule has 0 saturated heterocycles. The lowest BCUT2D eigenvalue weighted by molar-refractivity contribution is 0.100. The zero-order valence-corrected chi connectivity index (χ0v) is 13.4. The minimum Gasteiger partial charge on any atom is -0.495 e. The number of nitrogens with zero attached hydrogens (tertiary/aromatic N) is 3. The van der Waals surface area contributed by atoms with Crippen LogP contribution in [0.1, 0.15) is 10.4 Å². The van der Waals surface area contributed by atoms with Crippen LogP contribution in [0.5, 0.6) is 5.75 Å². The van der Waals surface area contributed by atoms with Crippen molar-refractivity contribution in [3.8, 4) is 5.75 Å². The van der Waals surface area contributed by atoms with Crippen LogP contribution in [-0.4, -0.2) is 28.2 Å². The highest BCUT2D eigenvalue weighted by Gasteiger charge is 2.13. The summed E-state index contributed by atoms with van der Waals surface area (Å²) >= 11 is 0. The number of carbonyl (C=O) groups is 1. The maximum atomic E-state index is 11.7. The molecule has 2 heterocycles. The number of nitrogens with one attached hydrogen (secondary N) is 2. The smallest absolute Gasteiger partial charge is 0.252 e. The molecule has 0 unspecified atom stereocenters. The van der Waals surface area contributed by atoms with E-state index in [1.165, 1.54) is 6.20 Å². The molecule has 25 heavy (non-hydrogen) atoms. The Labute approximate surface area is 144 Å². The second-order valence-electron chi connectivity index (χ2n) is 5.04. The quantitative estimate of drug-likeness (QED) is 0.633. The number of methoxy groups -OCH3 is 1. The maximum Gasteiger partial charge on any atom is 0.252 e.